The van der Waals surface area contributed by atoms with E-state index in [1.54, 1.807) is 50.2 Å². The van der Waals surface area contributed by atoms with Crippen molar-refractivity contribution in [1.29, 1.82) is 0 Å². The second kappa shape index (κ2) is 10.7. The molecule has 7 nitrogen and oxygen atoms in total. The number of rotatable bonds is 10. The van der Waals surface area contributed by atoms with Crippen LogP contribution in [0.3, 0.4) is 0 Å². The Balaban J connectivity index is 2.35. The number of hydrogen-bond donors (Lipinski definition) is 2. The monoisotopic (exact) mass is 445 g/mol. The zero-order valence-corrected chi connectivity index (χ0v) is 19.3. The first-order valence-electron chi connectivity index (χ1n) is 10.2. The van der Waals surface area contributed by atoms with E-state index in [9.17, 15) is 13.2 Å². The summed E-state index contributed by atoms with van der Waals surface area (Å²) in [5.74, 6) is -0.295. The van der Waals surface area contributed by atoms with Crippen LogP contribution < -0.4 is 5.32 Å². The molecule has 168 valence electrons. The summed E-state index contributed by atoms with van der Waals surface area (Å²) in [5, 5.41) is 11.8. The number of aliphatic hydroxyl groups is 1. The molecule has 0 saturated heterocycles. The first-order chi connectivity index (χ1) is 14.6. The van der Waals surface area contributed by atoms with Crippen LogP contribution in [0.15, 0.2) is 59.6 Å². The fourth-order valence-corrected chi connectivity index (χ4v) is 4.88. The van der Waals surface area contributed by atoms with E-state index in [2.05, 4.69) is 16.9 Å². The lowest BCUT2D eigenvalue weighted by atomic mass is 10.1. The van der Waals surface area contributed by atoms with Gasteiger partial charge in [-0.05, 0) is 57.0 Å². The number of aryl methyl sites for hydroxylation is 1. The summed E-state index contributed by atoms with van der Waals surface area (Å²) < 4.78 is 28.3. The van der Waals surface area contributed by atoms with Crippen molar-refractivity contribution in [2.45, 2.75) is 57.6 Å². The summed E-state index contributed by atoms with van der Waals surface area (Å²) in [6.45, 7) is 11.2. The minimum atomic E-state index is -3.82. The van der Waals surface area contributed by atoms with Gasteiger partial charge in [0.05, 0.1) is 6.61 Å². The molecule has 0 fully saturated rings. The molecule has 1 amide bonds. The molecule has 8 heteroatoms. The van der Waals surface area contributed by atoms with Crippen molar-refractivity contribution in [3.8, 4) is 0 Å². The molecular weight excluding hydrogens is 414 g/mol. The Hall–Kier alpha value is -2.55. The molecule has 0 saturated carbocycles. The van der Waals surface area contributed by atoms with Gasteiger partial charge in [-0.2, -0.15) is 4.31 Å². The molecule has 2 rings (SSSR count). The number of pyridine rings is 1. The van der Waals surface area contributed by atoms with Crippen LogP contribution in [0, 0.1) is 6.92 Å². The molecular formula is C23H31N3O4S. The average Bonchev–Trinajstić information content (AvgIpc) is 2.73. The van der Waals surface area contributed by atoms with Crippen LogP contribution in [-0.2, 0) is 16.6 Å². The van der Waals surface area contributed by atoms with E-state index in [0.29, 0.717) is 12.0 Å². The molecule has 0 bridgehead atoms. The Morgan fingerprint density at radius 1 is 1.23 bits per heavy atom. The highest BCUT2D eigenvalue weighted by molar-refractivity contribution is 7.89. The van der Waals surface area contributed by atoms with Crippen molar-refractivity contribution < 1.29 is 18.3 Å². The Kier molecular flexibility index (Phi) is 8.50. The number of amides is 1. The predicted molar refractivity (Wildman–Crippen MR) is 121 cm³/mol. The summed E-state index contributed by atoms with van der Waals surface area (Å²) >= 11 is 0. The Bertz CT molecular complexity index is 1000. The maximum Gasteiger partial charge on any atom is 0.251 e. The first kappa shape index (κ1) is 24.7. The number of sulfonamides is 1. The van der Waals surface area contributed by atoms with Gasteiger partial charge < -0.3 is 10.4 Å². The number of aromatic nitrogens is 1. The van der Waals surface area contributed by atoms with Crippen LogP contribution in [-0.4, -0.2) is 47.4 Å². The fraction of sp³-hybridized carbons (Fsp3) is 0.391. The summed E-state index contributed by atoms with van der Waals surface area (Å²) in [7, 11) is -3.82. The molecule has 1 aromatic carbocycles. The molecule has 1 heterocycles. The number of aliphatic hydroxyl groups excluding tert-OH is 1. The third kappa shape index (κ3) is 6.22. The highest BCUT2D eigenvalue weighted by Crippen LogP contribution is 2.25. The van der Waals surface area contributed by atoms with Crippen LogP contribution in [0.4, 0.5) is 0 Å². The minimum absolute atomic E-state index is 0.131. The third-order valence-electron chi connectivity index (χ3n) is 5.00. The number of carbonyl (C=O) groups excluding carboxylic acids is 1. The smallest absolute Gasteiger partial charge is 0.251 e. The van der Waals surface area contributed by atoms with Crippen LogP contribution in [0.2, 0.25) is 0 Å². The first-order valence-corrected chi connectivity index (χ1v) is 11.6. The van der Waals surface area contributed by atoms with E-state index in [4.69, 9.17) is 5.11 Å². The fourth-order valence-electron chi connectivity index (χ4n) is 3.20. The van der Waals surface area contributed by atoms with Gasteiger partial charge in [0.1, 0.15) is 4.90 Å². The molecule has 31 heavy (non-hydrogen) atoms. The van der Waals surface area contributed by atoms with Gasteiger partial charge >= 0.3 is 0 Å². The van der Waals surface area contributed by atoms with Gasteiger partial charge in [-0.3, -0.25) is 9.78 Å². The molecule has 1 aromatic heterocycles. The largest absolute Gasteiger partial charge is 0.394 e. The summed E-state index contributed by atoms with van der Waals surface area (Å²) in [4.78, 5) is 16.5. The van der Waals surface area contributed by atoms with Gasteiger partial charge in [0.2, 0.25) is 10.0 Å². The number of hydrogen-bond acceptors (Lipinski definition) is 5. The Labute approximate surface area is 184 Å². The average molecular weight is 446 g/mol. The van der Waals surface area contributed by atoms with E-state index in [0.717, 1.165) is 16.8 Å². The second-order valence-electron chi connectivity index (χ2n) is 7.71. The predicted octanol–water partition coefficient (Wildman–Crippen LogP) is 3.05. The number of nitrogens with one attached hydrogen (secondary N) is 1. The quantitative estimate of drug-likeness (QED) is 0.548. The second-order valence-corrected chi connectivity index (χ2v) is 9.60. The molecule has 0 aliphatic carbocycles. The standard InChI is InChI=1S/C23H31N3O4S/c1-6-22(16(2)3)26(31(29,30)21-12-7-17(4)24-13-21)14-19-8-10-20(11-9-19)23(28)25-18(5)15-27/h7-13,18,22,27H,2,6,14-15H2,1,3-5H3,(H,25,28)/t18-,22?/m1/s1. The molecule has 0 aliphatic rings. The molecule has 0 aliphatic heterocycles. The van der Waals surface area contributed by atoms with E-state index >= 15 is 0 Å². The van der Waals surface area contributed by atoms with Crippen molar-refractivity contribution in [3.05, 3.63) is 71.6 Å². The SMILES string of the molecule is C=C(C)C(CC)N(Cc1ccc(C(=O)N[C@H](C)CO)cc1)S(=O)(=O)c1ccc(C)nc1. The molecule has 0 spiro atoms. The Morgan fingerprint density at radius 2 is 1.87 bits per heavy atom. The van der Waals surface area contributed by atoms with Crippen molar-refractivity contribution in [2.24, 2.45) is 0 Å². The topological polar surface area (TPSA) is 99.6 Å². The molecule has 2 aromatic rings. The van der Waals surface area contributed by atoms with Gasteiger partial charge in [0, 0.05) is 36.1 Å². The maximum atomic E-state index is 13.4. The zero-order chi connectivity index (χ0) is 23.2. The number of carbonyl (C=O) groups is 1. The van der Waals surface area contributed by atoms with Crippen molar-refractivity contribution in [2.75, 3.05) is 6.61 Å². The van der Waals surface area contributed by atoms with Crippen molar-refractivity contribution >= 4 is 15.9 Å². The lowest BCUT2D eigenvalue weighted by Gasteiger charge is -2.31. The number of nitrogens with zero attached hydrogens (tertiary/aromatic N) is 2. The lowest BCUT2D eigenvalue weighted by molar-refractivity contribution is 0.0922. The van der Waals surface area contributed by atoms with Crippen LogP contribution in [0.5, 0.6) is 0 Å². The summed E-state index contributed by atoms with van der Waals surface area (Å²) in [6, 6.07) is 9.28. The normalized spacial score (nSPS) is 13.6. The van der Waals surface area contributed by atoms with Gasteiger partial charge in [0.25, 0.3) is 5.91 Å². The van der Waals surface area contributed by atoms with Gasteiger partial charge in [0.15, 0.2) is 0 Å². The highest BCUT2D eigenvalue weighted by Gasteiger charge is 2.31. The summed E-state index contributed by atoms with van der Waals surface area (Å²) in [5.41, 5.74) is 2.67. The van der Waals surface area contributed by atoms with Crippen molar-refractivity contribution in [3.63, 3.8) is 0 Å². The van der Waals surface area contributed by atoms with E-state index in [1.165, 1.54) is 10.5 Å². The van der Waals surface area contributed by atoms with Crippen LogP contribution >= 0.6 is 0 Å². The lowest BCUT2D eigenvalue weighted by Crippen LogP contribution is -2.40. The molecule has 2 N–H and O–H groups in total. The van der Waals surface area contributed by atoms with Gasteiger partial charge in [-0.1, -0.05) is 31.2 Å². The van der Waals surface area contributed by atoms with E-state index < -0.39 is 10.0 Å². The molecule has 0 radical (unpaired) electrons. The maximum absolute atomic E-state index is 13.4. The molecule has 1 unspecified atom stereocenters. The minimum Gasteiger partial charge on any atom is -0.394 e. The van der Waals surface area contributed by atoms with Gasteiger partial charge in [-0.15, -0.1) is 0 Å². The third-order valence-corrected chi connectivity index (χ3v) is 6.84. The zero-order valence-electron chi connectivity index (χ0n) is 18.5. The van der Waals surface area contributed by atoms with Crippen LogP contribution in [0.1, 0.15) is 48.8 Å². The van der Waals surface area contributed by atoms with Crippen molar-refractivity contribution in [1.82, 2.24) is 14.6 Å². The van der Waals surface area contributed by atoms with Gasteiger partial charge in [-0.25, -0.2) is 8.42 Å². The van der Waals surface area contributed by atoms with E-state index in [1.807, 2.05) is 13.8 Å². The van der Waals surface area contributed by atoms with Crippen LogP contribution in [0.25, 0.3) is 0 Å². The highest BCUT2D eigenvalue weighted by atomic mass is 32.2. The Morgan fingerprint density at radius 3 is 2.35 bits per heavy atom. The summed E-state index contributed by atoms with van der Waals surface area (Å²) in [6.07, 6.45) is 1.95. The molecule has 2 atom stereocenters. The number of benzene rings is 1. The van der Waals surface area contributed by atoms with E-state index in [-0.39, 0.29) is 36.0 Å².